The van der Waals surface area contributed by atoms with Gasteiger partial charge in [0.1, 0.15) is 0 Å². The highest BCUT2D eigenvalue weighted by Crippen LogP contribution is 2.40. The summed E-state index contributed by atoms with van der Waals surface area (Å²) in [5.41, 5.74) is -0.0343. The van der Waals surface area contributed by atoms with E-state index in [-0.39, 0.29) is 12.1 Å². The highest BCUT2D eigenvalue weighted by atomic mass is 16.3. The van der Waals surface area contributed by atoms with Crippen molar-refractivity contribution < 1.29 is 5.11 Å². The molecule has 0 aromatic rings. The summed E-state index contributed by atoms with van der Waals surface area (Å²) in [5, 5.41) is 13.5. The van der Waals surface area contributed by atoms with Crippen LogP contribution in [0.5, 0.6) is 0 Å². The molecule has 1 aliphatic heterocycles. The third-order valence-corrected chi connectivity index (χ3v) is 5.35. The molecule has 0 spiro atoms. The second-order valence-corrected chi connectivity index (χ2v) is 7.14. The Kier molecular flexibility index (Phi) is 4.65. The lowest BCUT2D eigenvalue weighted by Gasteiger charge is -2.42. The van der Waals surface area contributed by atoms with E-state index in [4.69, 9.17) is 0 Å². The van der Waals surface area contributed by atoms with Crippen molar-refractivity contribution in [2.24, 2.45) is 11.8 Å². The number of hydrogen-bond donors (Lipinski definition) is 2. The number of aliphatic hydroxyl groups excluding tert-OH is 1. The Morgan fingerprint density at radius 2 is 1.70 bits per heavy atom. The van der Waals surface area contributed by atoms with Crippen LogP contribution in [0.2, 0.25) is 0 Å². The van der Waals surface area contributed by atoms with Gasteiger partial charge in [0.25, 0.3) is 0 Å². The summed E-state index contributed by atoms with van der Waals surface area (Å²) >= 11 is 0. The van der Waals surface area contributed by atoms with Gasteiger partial charge in [-0.3, -0.25) is 4.90 Å². The maximum absolute atomic E-state index is 9.93. The standard InChI is InChI=1S/C16H31N3O/c1-2-17-16(13-20,15-5-6-15)12-19-9-7-18(8-10-19)11-14-3-4-14/h14-15,17,20H,2-13H2,1H3. The van der Waals surface area contributed by atoms with E-state index in [9.17, 15) is 5.11 Å². The maximum atomic E-state index is 9.93. The molecule has 1 atom stereocenters. The SMILES string of the molecule is CCNC(CO)(CN1CCN(CC2CC2)CC1)C1CC1. The quantitative estimate of drug-likeness (QED) is 0.689. The zero-order valence-electron chi connectivity index (χ0n) is 13.0. The Morgan fingerprint density at radius 3 is 2.20 bits per heavy atom. The molecule has 1 saturated heterocycles. The van der Waals surface area contributed by atoms with Gasteiger partial charge in [0.2, 0.25) is 0 Å². The van der Waals surface area contributed by atoms with Gasteiger partial charge in [-0.25, -0.2) is 0 Å². The molecule has 2 N–H and O–H groups in total. The lowest BCUT2D eigenvalue weighted by atomic mass is 9.92. The van der Waals surface area contributed by atoms with Gasteiger partial charge in [-0.05, 0) is 44.1 Å². The molecule has 4 nitrogen and oxygen atoms in total. The van der Waals surface area contributed by atoms with Crippen molar-refractivity contribution in [1.82, 2.24) is 15.1 Å². The van der Waals surface area contributed by atoms with E-state index in [0.717, 1.165) is 19.0 Å². The summed E-state index contributed by atoms with van der Waals surface area (Å²) in [5.74, 6) is 1.70. The number of nitrogens with zero attached hydrogens (tertiary/aromatic N) is 2. The molecular weight excluding hydrogens is 250 g/mol. The average Bonchev–Trinajstić information content (AvgIpc) is 3.33. The van der Waals surface area contributed by atoms with Crippen LogP contribution < -0.4 is 5.32 Å². The van der Waals surface area contributed by atoms with E-state index < -0.39 is 0 Å². The van der Waals surface area contributed by atoms with Gasteiger partial charge in [-0.15, -0.1) is 0 Å². The number of piperazine rings is 1. The number of hydrogen-bond acceptors (Lipinski definition) is 4. The van der Waals surface area contributed by atoms with Gasteiger partial charge in [-0.1, -0.05) is 6.92 Å². The molecule has 3 aliphatic rings. The van der Waals surface area contributed by atoms with Crippen LogP contribution in [0.3, 0.4) is 0 Å². The summed E-state index contributed by atoms with van der Waals surface area (Å²) in [6.45, 7) is 10.5. The van der Waals surface area contributed by atoms with Crippen LogP contribution in [0.1, 0.15) is 32.6 Å². The fourth-order valence-electron chi connectivity index (χ4n) is 3.75. The van der Waals surface area contributed by atoms with Gasteiger partial charge in [0, 0.05) is 39.3 Å². The van der Waals surface area contributed by atoms with Crippen molar-refractivity contribution >= 4 is 0 Å². The number of nitrogens with one attached hydrogen (secondary N) is 1. The van der Waals surface area contributed by atoms with Crippen molar-refractivity contribution in [1.29, 1.82) is 0 Å². The van der Waals surface area contributed by atoms with Crippen LogP contribution in [-0.2, 0) is 0 Å². The Morgan fingerprint density at radius 1 is 1.05 bits per heavy atom. The summed E-state index contributed by atoms with van der Waals surface area (Å²) in [6.07, 6.45) is 5.48. The number of likely N-dealkylation sites (N-methyl/N-ethyl adjacent to an activating group) is 1. The molecule has 1 unspecified atom stereocenters. The molecule has 2 saturated carbocycles. The first-order chi connectivity index (χ1) is 9.75. The smallest absolute Gasteiger partial charge is 0.0628 e. The summed E-state index contributed by atoms with van der Waals surface area (Å²) in [4.78, 5) is 5.21. The molecule has 116 valence electrons. The second kappa shape index (κ2) is 6.30. The zero-order valence-corrected chi connectivity index (χ0v) is 13.0. The van der Waals surface area contributed by atoms with E-state index in [0.29, 0.717) is 5.92 Å². The average molecular weight is 281 g/mol. The van der Waals surface area contributed by atoms with Gasteiger partial charge < -0.3 is 15.3 Å². The Balaban J connectivity index is 1.48. The molecule has 0 aromatic heterocycles. The minimum Gasteiger partial charge on any atom is -0.394 e. The van der Waals surface area contributed by atoms with Crippen LogP contribution in [0, 0.1) is 11.8 Å². The monoisotopic (exact) mass is 281 g/mol. The molecule has 20 heavy (non-hydrogen) atoms. The predicted molar refractivity (Wildman–Crippen MR) is 81.8 cm³/mol. The van der Waals surface area contributed by atoms with E-state index in [1.165, 1.54) is 58.4 Å². The third-order valence-electron chi connectivity index (χ3n) is 5.35. The summed E-state index contributed by atoms with van der Waals surface area (Å²) in [6, 6.07) is 0. The Bertz CT molecular complexity index is 309. The lowest BCUT2D eigenvalue weighted by Crippen LogP contribution is -2.60. The summed E-state index contributed by atoms with van der Waals surface area (Å²) in [7, 11) is 0. The van der Waals surface area contributed by atoms with E-state index in [1.54, 1.807) is 0 Å². The van der Waals surface area contributed by atoms with Crippen LogP contribution in [0.15, 0.2) is 0 Å². The van der Waals surface area contributed by atoms with Crippen LogP contribution in [0.4, 0.5) is 0 Å². The molecular formula is C16H31N3O. The van der Waals surface area contributed by atoms with E-state index >= 15 is 0 Å². The maximum Gasteiger partial charge on any atom is 0.0628 e. The molecule has 0 bridgehead atoms. The van der Waals surface area contributed by atoms with Crippen molar-refractivity contribution in [3.63, 3.8) is 0 Å². The van der Waals surface area contributed by atoms with Crippen LogP contribution >= 0.6 is 0 Å². The van der Waals surface area contributed by atoms with E-state index in [2.05, 4.69) is 22.0 Å². The van der Waals surface area contributed by atoms with Crippen molar-refractivity contribution in [3.05, 3.63) is 0 Å². The molecule has 1 heterocycles. The normalized spacial score (nSPS) is 28.5. The molecule has 0 aromatic carbocycles. The Labute approximate surface area is 123 Å². The van der Waals surface area contributed by atoms with Crippen LogP contribution in [-0.4, -0.2) is 72.9 Å². The van der Waals surface area contributed by atoms with E-state index in [1.807, 2.05) is 0 Å². The number of rotatable bonds is 8. The molecule has 4 heteroatoms. The van der Waals surface area contributed by atoms with Crippen LogP contribution in [0.25, 0.3) is 0 Å². The fourth-order valence-corrected chi connectivity index (χ4v) is 3.75. The minimum absolute atomic E-state index is 0.0343. The van der Waals surface area contributed by atoms with Gasteiger partial charge in [0.05, 0.1) is 12.1 Å². The first-order valence-electron chi connectivity index (χ1n) is 8.56. The second-order valence-electron chi connectivity index (χ2n) is 7.14. The topological polar surface area (TPSA) is 38.7 Å². The van der Waals surface area contributed by atoms with Gasteiger partial charge in [-0.2, -0.15) is 0 Å². The molecule has 0 amide bonds. The molecule has 0 radical (unpaired) electrons. The Hall–Kier alpha value is -0.160. The molecule has 2 aliphatic carbocycles. The largest absolute Gasteiger partial charge is 0.394 e. The molecule has 3 fully saturated rings. The van der Waals surface area contributed by atoms with Crippen molar-refractivity contribution in [2.45, 2.75) is 38.1 Å². The number of aliphatic hydroxyl groups is 1. The first kappa shape index (κ1) is 14.8. The fraction of sp³-hybridized carbons (Fsp3) is 1.00. The third kappa shape index (κ3) is 3.53. The first-order valence-corrected chi connectivity index (χ1v) is 8.56. The van der Waals surface area contributed by atoms with Crippen molar-refractivity contribution in [3.8, 4) is 0 Å². The highest BCUT2D eigenvalue weighted by molar-refractivity contribution is 5.03. The lowest BCUT2D eigenvalue weighted by molar-refractivity contribution is 0.0597. The summed E-state index contributed by atoms with van der Waals surface area (Å²) < 4.78 is 0. The minimum atomic E-state index is -0.0343. The van der Waals surface area contributed by atoms with Crippen molar-refractivity contribution in [2.75, 3.05) is 52.4 Å². The highest BCUT2D eigenvalue weighted by Gasteiger charge is 2.45. The zero-order chi connectivity index (χ0) is 14.0. The van der Waals surface area contributed by atoms with Gasteiger partial charge >= 0.3 is 0 Å². The predicted octanol–water partition coefficient (Wildman–Crippen LogP) is 0.765. The van der Waals surface area contributed by atoms with Gasteiger partial charge in [0.15, 0.2) is 0 Å². The molecule has 3 rings (SSSR count).